The molecule has 0 spiro atoms. The quantitative estimate of drug-likeness (QED) is 0.875. The molecule has 1 unspecified atom stereocenters. The first-order valence-corrected chi connectivity index (χ1v) is 5.04. The smallest absolute Gasteiger partial charge is 0.173 e. The van der Waals surface area contributed by atoms with Gasteiger partial charge < -0.3 is 5.32 Å². The summed E-state index contributed by atoms with van der Waals surface area (Å²) in [7, 11) is 1.73. The molecule has 2 aromatic rings. The number of aromatic nitrogens is 4. The first-order valence-electron chi connectivity index (χ1n) is 5.04. The lowest BCUT2D eigenvalue weighted by Crippen LogP contribution is -2.18. The molecule has 1 aromatic heterocycles. The molecule has 0 aliphatic rings. The summed E-state index contributed by atoms with van der Waals surface area (Å²) in [6, 6.07) is 2.97. The summed E-state index contributed by atoms with van der Waals surface area (Å²) in [6.07, 6.45) is 0. The monoisotopic (exact) mass is 239 g/mol. The van der Waals surface area contributed by atoms with Crippen LogP contribution in [0.25, 0.3) is 5.69 Å². The van der Waals surface area contributed by atoms with E-state index in [1.165, 1.54) is 4.68 Å². The molecule has 7 heteroatoms. The van der Waals surface area contributed by atoms with E-state index in [2.05, 4.69) is 20.8 Å². The lowest BCUT2D eigenvalue weighted by atomic mass is 10.2. The molecule has 5 nitrogen and oxygen atoms in total. The predicted octanol–water partition coefficient (Wildman–Crippen LogP) is 1.22. The zero-order chi connectivity index (χ0) is 12.4. The van der Waals surface area contributed by atoms with Crippen molar-refractivity contribution in [2.45, 2.75) is 13.0 Å². The Morgan fingerprint density at radius 3 is 2.82 bits per heavy atom. The number of rotatable bonds is 3. The summed E-state index contributed by atoms with van der Waals surface area (Å²) in [5.41, 5.74) is -0.00731. The third kappa shape index (κ3) is 2.14. The number of halogens is 2. The standard InChI is InChI=1S/C10H11F2N5/c1-6(13-2)10-14-15-16-17(10)9-5-7(11)3-4-8(9)12/h3-6,13H,1-2H3. The van der Waals surface area contributed by atoms with Crippen molar-refractivity contribution >= 4 is 0 Å². The summed E-state index contributed by atoms with van der Waals surface area (Å²) in [6.45, 7) is 1.82. The second-order valence-corrected chi connectivity index (χ2v) is 3.55. The van der Waals surface area contributed by atoms with E-state index in [0.29, 0.717) is 5.82 Å². The van der Waals surface area contributed by atoms with Gasteiger partial charge in [0.2, 0.25) is 0 Å². The molecule has 1 atom stereocenters. The Kier molecular flexibility index (Phi) is 3.10. The fraction of sp³-hybridized carbons (Fsp3) is 0.300. The molecule has 2 rings (SSSR count). The van der Waals surface area contributed by atoms with Gasteiger partial charge in [-0.25, -0.2) is 8.78 Å². The Hall–Kier alpha value is -1.89. The zero-order valence-corrected chi connectivity index (χ0v) is 9.35. The Morgan fingerprint density at radius 1 is 1.35 bits per heavy atom. The van der Waals surface area contributed by atoms with Crippen LogP contribution >= 0.6 is 0 Å². The van der Waals surface area contributed by atoms with Gasteiger partial charge in [-0.15, -0.1) is 5.10 Å². The predicted molar refractivity (Wildman–Crippen MR) is 56.5 cm³/mol. The highest BCUT2D eigenvalue weighted by Crippen LogP contribution is 2.17. The van der Waals surface area contributed by atoms with Crippen molar-refractivity contribution in [3.63, 3.8) is 0 Å². The van der Waals surface area contributed by atoms with E-state index in [1.807, 2.05) is 6.92 Å². The molecule has 0 aliphatic heterocycles. The Labute approximate surface area is 96.4 Å². The number of hydrogen-bond acceptors (Lipinski definition) is 4. The van der Waals surface area contributed by atoms with Crippen LogP contribution < -0.4 is 5.32 Å². The lowest BCUT2D eigenvalue weighted by Gasteiger charge is -2.10. The maximum atomic E-state index is 13.6. The van der Waals surface area contributed by atoms with E-state index in [-0.39, 0.29) is 11.7 Å². The maximum absolute atomic E-state index is 13.6. The lowest BCUT2D eigenvalue weighted by molar-refractivity contribution is 0.557. The third-order valence-electron chi connectivity index (χ3n) is 2.45. The molecule has 0 aliphatic carbocycles. The molecule has 1 aromatic carbocycles. The molecular formula is C10H11F2N5. The molecule has 0 bridgehead atoms. The summed E-state index contributed by atoms with van der Waals surface area (Å²) in [5.74, 6) is -0.708. The van der Waals surface area contributed by atoms with Gasteiger partial charge in [0.05, 0.1) is 6.04 Å². The Balaban J connectivity index is 2.53. The largest absolute Gasteiger partial charge is 0.311 e. The molecule has 0 fully saturated rings. The third-order valence-corrected chi connectivity index (χ3v) is 2.45. The van der Waals surface area contributed by atoms with E-state index in [0.717, 1.165) is 18.2 Å². The highest BCUT2D eigenvalue weighted by Gasteiger charge is 2.17. The van der Waals surface area contributed by atoms with Crippen molar-refractivity contribution in [2.24, 2.45) is 0 Å². The van der Waals surface area contributed by atoms with Crippen molar-refractivity contribution in [1.82, 2.24) is 25.5 Å². The second kappa shape index (κ2) is 4.54. The van der Waals surface area contributed by atoms with Gasteiger partial charge in [0, 0.05) is 6.07 Å². The number of benzene rings is 1. The number of tetrazole rings is 1. The summed E-state index contributed by atoms with van der Waals surface area (Å²) < 4.78 is 27.8. The van der Waals surface area contributed by atoms with Crippen LogP contribution in [0.4, 0.5) is 8.78 Å². The van der Waals surface area contributed by atoms with Gasteiger partial charge in [-0.2, -0.15) is 4.68 Å². The average molecular weight is 239 g/mol. The van der Waals surface area contributed by atoms with Gasteiger partial charge in [0.25, 0.3) is 0 Å². The van der Waals surface area contributed by atoms with Crippen LogP contribution in [0.3, 0.4) is 0 Å². The highest BCUT2D eigenvalue weighted by molar-refractivity contribution is 5.33. The maximum Gasteiger partial charge on any atom is 0.173 e. The number of hydrogen-bond donors (Lipinski definition) is 1. The van der Waals surface area contributed by atoms with E-state index in [4.69, 9.17) is 0 Å². The van der Waals surface area contributed by atoms with E-state index >= 15 is 0 Å². The van der Waals surface area contributed by atoms with Gasteiger partial charge in [0.1, 0.15) is 17.3 Å². The average Bonchev–Trinajstić information content (AvgIpc) is 2.80. The van der Waals surface area contributed by atoms with Crippen LogP contribution in [0.1, 0.15) is 18.8 Å². The molecule has 0 saturated heterocycles. The SMILES string of the molecule is CNC(C)c1nnnn1-c1cc(F)ccc1F. The van der Waals surface area contributed by atoms with Crippen LogP contribution in [0.2, 0.25) is 0 Å². The summed E-state index contributed by atoms with van der Waals surface area (Å²) in [5, 5.41) is 13.9. The van der Waals surface area contributed by atoms with Gasteiger partial charge >= 0.3 is 0 Å². The minimum atomic E-state index is -0.580. The van der Waals surface area contributed by atoms with E-state index in [1.54, 1.807) is 7.05 Å². The van der Waals surface area contributed by atoms with Crippen molar-refractivity contribution in [3.05, 3.63) is 35.7 Å². The van der Waals surface area contributed by atoms with E-state index < -0.39 is 11.6 Å². The molecule has 0 radical (unpaired) electrons. The fourth-order valence-electron chi connectivity index (χ4n) is 1.41. The molecule has 1 heterocycles. The van der Waals surface area contributed by atoms with Crippen LogP contribution in [0.15, 0.2) is 18.2 Å². The Morgan fingerprint density at radius 2 is 2.12 bits per heavy atom. The van der Waals surface area contributed by atoms with Crippen molar-refractivity contribution in [2.75, 3.05) is 7.05 Å². The minimum Gasteiger partial charge on any atom is -0.311 e. The van der Waals surface area contributed by atoms with Crippen LogP contribution in [-0.4, -0.2) is 27.3 Å². The first-order chi connectivity index (χ1) is 8.13. The summed E-state index contributed by atoms with van der Waals surface area (Å²) in [4.78, 5) is 0. The van der Waals surface area contributed by atoms with E-state index in [9.17, 15) is 8.78 Å². The number of nitrogens with one attached hydrogen (secondary N) is 1. The van der Waals surface area contributed by atoms with Gasteiger partial charge in [0.15, 0.2) is 5.82 Å². The topological polar surface area (TPSA) is 55.6 Å². The van der Waals surface area contributed by atoms with Crippen molar-refractivity contribution in [3.8, 4) is 5.69 Å². The summed E-state index contributed by atoms with van der Waals surface area (Å²) >= 11 is 0. The van der Waals surface area contributed by atoms with Gasteiger partial charge in [-0.3, -0.25) is 0 Å². The van der Waals surface area contributed by atoms with Crippen molar-refractivity contribution in [1.29, 1.82) is 0 Å². The highest BCUT2D eigenvalue weighted by atomic mass is 19.1. The second-order valence-electron chi connectivity index (χ2n) is 3.55. The van der Waals surface area contributed by atoms with Crippen molar-refractivity contribution < 1.29 is 8.78 Å². The molecular weight excluding hydrogens is 228 g/mol. The van der Waals surface area contributed by atoms with Crippen LogP contribution in [0, 0.1) is 11.6 Å². The minimum absolute atomic E-state index is 0.00731. The Bertz CT molecular complexity index is 525. The zero-order valence-electron chi connectivity index (χ0n) is 9.35. The number of nitrogens with zero attached hydrogens (tertiary/aromatic N) is 4. The van der Waals surface area contributed by atoms with Gasteiger partial charge in [-0.1, -0.05) is 0 Å². The first kappa shape index (κ1) is 11.6. The molecule has 0 amide bonds. The van der Waals surface area contributed by atoms with Crippen LogP contribution in [-0.2, 0) is 0 Å². The fourth-order valence-corrected chi connectivity index (χ4v) is 1.41. The molecule has 17 heavy (non-hydrogen) atoms. The molecule has 1 N–H and O–H groups in total. The van der Waals surface area contributed by atoms with Crippen LogP contribution in [0.5, 0.6) is 0 Å². The molecule has 90 valence electrons. The van der Waals surface area contributed by atoms with Gasteiger partial charge in [-0.05, 0) is 36.5 Å². The normalized spacial score (nSPS) is 12.7. The molecule has 0 saturated carbocycles.